The van der Waals surface area contributed by atoms with Crippen LogP contribution < -0.4 is 5.32 Å². The second-order valence-electron chi connectivity index (χ2n) is 4.83. The second-order valence-corrected chi connectivity index (χ2v) is 4.83. The first-order valence-electron chi connectivity index (χ1n) is 7.32. The predicted octanol–water partition coefficient (Wildman–Crippen LogP) is 4.29. The maximum absolute atomic E-state index is 12.9. The third-order valence-corrected chi connectivity index (χ3v) is 2.99. The average Bonchev–Trinajstić information content (AvgIpc) is 2.61. The van der Waals surface area contributed by atoms with Crippen LogP contribution in [-0.2, 0) is 4.74 Å². The van der Waals surface area contributed by atoms with Crippen molar-refractivity contribution in [2.75, 3.05) is 18.7 Å². The number of halogens is 5. The standard InChI is InChI=1S/C9H10F2N2O3.C6H2F3NO2/c1-2-16-5-12-8-3-6(10)7(11)4-9(8)13(14)15;7-3-1-5(9)6(10(11)12)2-4(3)8/h3-4,12H,2,5H2,1H3;1-2H. The maximum Gasteiger partial charge on any atom is 0.307 e. The summed E-state index contributed by atoms with van der Waals surface area (Å²) in [5.74, 6) is -6.68. The van der Waals surface area contributed by atoms with Crippen LogP contribution in [0.4, 0.5) is 39.0 Å². The van der Waals surface area contributed by atoms with E-state index in [0.29, 0.717) is 12.7 Å². The van der Waals surface area contributed by atoms with Gasteiger partial charge in [0.1, 0.15) is 12.4 Å². The Morgan fingerprint density at radius 2 is 1.29 bits per heavy atom. The number of hydrogen-bond acceptors (Lipinski definition) is 6. The SMILES string of the molecule is CCOCNc1cc(F)c(F)cc1[N+](=O)[O-].O=[N+]([O-])c1cc(F)c(F)cc1F. The minimum atomic E-state index is -1.45. The first-order chi connectivity index (χ1) is 13.1. The zero-order valence-electron chi connectivity index (χ0n) is 14.0. The number of benzene rings is 2. The molecule has 152 valence electrons. The molecule has 0 unspecified atom stereocenters. The highest BCUT2D eigenvalue weighted by Crippen LogP contribution is 2.26. The lowest BCUT2D eigenvalue weighted by Gasteiger charge is -2.07. The number of rotatable bonds is 6. The van der Waals surface area contributed by atoms with Gasteiger partial charge in [-0.15, -0.1) is 0 Å². The summed E-state index contributed by atoms with van der Waals surface area (Å²) in [5, 5.41) is 23.0. The lowest BCUT2D eigenvalue weighted by atomic mass is 10.2. The molecule has 2 aromatic carbocycles. The second kappa shape index (κ2) is 10.1. The summed E-state index contributed by atoms with van der Waals surface area (Å²) < 4.78 is 67.4. The summed E-state index contributed by atoms with van der Waals surface area (Å²) in [7, 11) is 0. The van der Waals surface area contributed by atoms with Gasteiger partial charge in [0.05, 0.1) is 22.0 Å². The molecule has 0 aliphatic heterocycles. The number of ether oxygens (including phenoxy) is 1. The molecule has 0 amide bonds. The molecule has 0 saturated heterocycles. The van der Waals surface area contributed by atoms with Gasteiger partial charge in [0.2, 0.25) is 5.82 Å². The molecule has 0 aromatic heterocycles. The van der Waals surface area contributed by atoms with Crippen molar-refractivity contribution in [3.63, 3.8) is 0 Å². The summed E-state index contributed by atoms with van der Waals surface area (Å²) in [4.78, 5) is 18.6. The van der Waals surface area contributed by atoms with Crippen molar-refractivity contribution >= 4 is 17.1 Å². The zero-order chi connectivity index (χ0) is 21.4. The quantitative estimate of drug-likeness (QED) is 0.190. The Kier molecular flexibility index (Phi) is 8.19. The molecule has 0 fully saturated rings. The van der Waals surface area contributed by atoms with Crippen LogP contribution in [0.3, 0.4) is 0 Å². The molecule has 13 heteroatoms. The first kappa shape index (κ1) is 22.7. The van der Waals surface area contributed by atoms with Gasteiger partial charge in [-0.25, -0.2) is 17.6 Å². The molecular weight excluding hydrogens is 397 g/mol. The van der Waals surface area contributed by atoms with E-state index in [-0.39, 0.29) is 24.6 Å². The molecule has 8 nitrogen and oxygen atoms in total. The predicted molar refractivity (Wildman–Crippen MR) is 86.1 cm³/mol. The summed E-state index contributed by atoms with van der Waals surface area (Å²) in [6, 6.07) is 1.59. The number of hydrogen-bond donors (Lipinski definition) is 1. The fourth-order valence-corrected chi connectivity index (χ4v) is 1.71. The van der Waals surface area contributed by atoms with Crippen molar-refractivity contribution in [1.82, 2.24) is 0 Å². The van der Waals surface area contributed by atoms with Crippen LogP contribution in [0.25, 0.3) is 0 Å². The number of anilines is 1. The molecule has 0 atom stereocenters. The fourth-order valence-electron chi connectivity index (χ4n) is 1.71. The van der Waals surface area contributed by atoms with E-state index in [9.17, 15) is 42.2 Å². The molecule has 0 spiro atoms. The van der Waals surface area contributed by atoms with Gasteiger partial charge in [0.15, 0.2) is 23.3 Å². The van der Waals surface area contributed by atoms with E-state index in [2.05, 4.69) is 5.32 Å². The van der Waals surface area contributed by atoms with Crippen molar-refractivity contribution in [2.45, 2.75) is 6.92 Å². The summed E-state index contributed by atoms with van der Waals surface area (Å²) in [6.45, 7) is 2.13. The summed E-state index contributed by atoms with van der Waals surface area (Å²) >= 11 is 0. The van der Waals surface area contributed by atoms with Crippen LogP contribution in [0.5, 0.6) is 0 Å². The molecule has 2 rings (SSSR count). The van der Waals surface area contributed by atoms with Crippen LogP contribution in [0.2, 0.25) is 0 Å². The summed E-state index contributed by atoms with van der Waals surface area (Å²) in [5.41, 5.74) is -1.72. The van der Waals surface area contributed by atoms with E-state index in [1.54, 1.807) is 6.92 Å². The smallest absolute Gasteiger partial charge is 0.307 e. The van der Waals surface area contributed by atoms with Crippen molar-refractivity contribution in [3.05, 3.63) is 73.6 Å². The number of nitro groups is 2. The van der Waals surface area contributed by atoms with Gasteiger partial charge in [-0.05, 0) is 6.92 Å². The highest BCUT2D eigenvalue weighted by atomic mass is 19.2. The Labute approximate surface area is 153 Å². The van der Waals surface area contributed by atoms with Gasteiger partial charge in [-0.3, -0.25) is 20.2 Å². The minimum absolute atomic E-state index is 0.0115. The summed E-state index contributed by atoms with van der Waals surface area (Å²) in [6.07, 6.45) is 0. The zero-order valence-corrected chi connectivity index (χ0v) is 14.0. The Hall–Kier alpha value is -3.35. The molecule has 0 heterocycles. The third-order valence-electron chi connectivity index (χ3n) is 2.99. The van der Waals surface area contributed by atoms with E-state index < -0.39 is 50.3 Å². The molecule has 0 aliphatic rings. The lowest BCUT2D eigenvalue weighted by molar-refractivity contribution is -0.387. The number of nitrogens with zero attached hydrogens (tertiary/aromatic N) is 2. The monoisotopic (exact) mass is 409 g/mol. The fraction of sp³-hybridized carbons (Fsp3) is 0.200. The van der Waals surface area contributed by atoms with Crippen molar-refractivity contribution in [2.24, 2.45) is 0 Å². The van der Waals surface area contributed by atoms with E-state index in [0.717, 1.165) is 6.07 Å². The van der Waals surface area contributed by atoms with Gasteiger partial charge in [0, 0.05) is 18.7 Å². The van der Waals surface area contributed by atoms with Crippen LogP contribution in [0, 0.1) is 49.3 Å². The van der Waals surface area contributed by atoms with Crippen LogP contribution in [-0.4, -0.2) is 23.2 Å². The topological polar surface area (TPSA) is 108 Å². The normalized spacial score (nSPS) is 10.1. The molecule has 2 aromatic rings. The first-order valence-corrected chi connectivity index (χ1v) is 7.32. The lowest BCUT2D eigenvalue weighted by Crippen LogP contribution is -2.08. The molecule has 0 bridgehead atoms. The minimum Gasteiger partial charge on any atom is -0.362 e. The Morgan fingerprint density at radius 1 is 0.821 bits per heavy atom. The molecule has 0 saturated carbocycles. The van der Waals surface area contributed by atoms with E-state index >= 15 is 0 Å². The van der Waals surface area contributed by atoms with Gasteiger partial charge in [0.25, 0.3) is 5.69 Å². The van der Waals surface area contributed by atoms with Crippen LogP contribution >= 0.6 is 0 Å². The van der Waals surface area contributed by atoms with Crippen LogP contribution in [0.1, 0.15) is 6.92 Å². The molecular formula is C15H12F5N3O5. The Bertz CT molecular complexity index is 882. The molecule has 0 aliphatic carbocycles. The Balaban J connectivity index is 0.000000292. The van der Waals surface area contributed by atoms with Crippen molar-refractivity contribution < 1.29 is 36.5 Å². The van der Waals surface area contributed by atoms with Crippen molar-refractivity contribution in [1.29, 1.82) is 0 Å². The number of nitrogens with one attached hydrogen (secondary N) is 1. The Morgan fingerprint density at radius 3 is 1.79 bits per heavy atom. The van der Waals surface area contributed by atoms with E-state index in [1.165, 1.54) is 0 Å². The molecule has 28 heavy (non-hydrogen) atoms. The van der Waals surface area contributed by atoms with Gasteiger partial charge >= 0.3 is 5.69 Å². The average molecular weight is 409 g/mol. The van der Waals surface area contributed by atoms with E-state index in [1.807, 2.05) is 0 Å². The third kappa shape index (κ3) is 6.12. The van der Waals surface area contributed by atoms with Gasteiger partial charge in [-0.2, -0.15) is 4.39 Å². The number of nitro benzene ring substituents is 2. The highest BCUT2D eigenvalue weighted by molar-refractivity contribution is 5.61. The largest absolute Gasteiger partial charge is 0.362 e. The van der Waals surface area contributed by atoms with Crippen molar-refractivity contribution in [3.8, 4) is 0 Å². The molecule has 1 N–H and O–H groups in total. The maximum atomic E-state index is 12.9. The van der Waals surface area contributed by atoms with E-state index in [4.69, 9.17) is 4.74 Å². The van der Waals surface area contributed by atoms with Crippen LogP contribution in [0.15, 0.2) is 24.3 Å². The highest BCUT2D eigenvalue weighted by Gasteiger charge is 2.19. The van der Waals surface area contributed by atoms with Gasteiger partial charge in [-0.1, -0.05) is 0 Å². The van der Waals surface area contributed by atoms with Gasteiger partial charge < -0.3 is 10.1 Å². The molecule has 0 radical (unpaired) electrons.